The number of nitrogens with one attached hydrogen (secondary N) is 1. The molecule has 0 saturated carbocycles. The van der Waals surface area contributed by atoms with Gasteiger partial charge >= 0.3 is 0 Å². The fourth-order valence-electron chi connectivity index (χ4n) is 3.99. The van der Waals surface area contributed by atoms with Crippen molar-refractivity contribution in [1.82, 2.24) is 9.62 Å². The number of hydrogen-bond donors (Lipinski definition) is 1. The van der Waals surface area contributed by atoms with E-state index >= 15 is 0 Å². The number of aryl methyl sites for hydroxylation is 3. The summed E-state index contributed by atoms with van der Waals surface area (Å²) in [7, 11) is -3.65. The number of carbonyl (C=O) groups is 1. The first kappa shape index (κ1) is 22.8. The summed E-state index contributed by atoms with van der Waals surface area (Å²) in [5.41, 5.74) is 4.65. The molecule has 0 bridgehead atoms. The van der Waals surface area contributed by atoms with Gasteiger partial charge in [-0.15, -0.1) is 0 Å². The molecule has 0 radical (unpaired) electrons. The Balaban J connectivity index is 1.71. The second-order valence-corrected chi connectivity index (χ2v) is 10.6. The molecule has 0 aromatic heterocycles. The van der Waals surface area contributed by atoms with Crippen LogP contribution in [0.25, 0.3) is 0 Å². The molecule has 1 heterocycles. The molecule has 1 N–H and O–H groups in total. The van der Waals surface area contributed by atoms with Crippen LogP contribution in [0.2, 0.25) is 5.02 Å². The van der Waals surface area contributed by atoms with E-state index < -0.39 is 10.0 Å². The Hall–Kier alpha value is -1.89. The summed E-state index contributed by atoms with van der Waals surface area (Å²) in [6.45, 7) is 8.77. The van der Waals surface area contributed by atoms with Crippen LogP contribution in [-0.2, 0) is 14.8 Å². The van der Waals surface area contributed by atoms with E-state index in [9.17, 15) is 13.2 Å². The normalized spacial score (nSPS) is 18.8. The Kier molecular flexibility index (Phi) is 6.90. The van der Waals surface area contributed by atoms with Crippen molar-refractivity contribution in [3.8, 4) is 0 Å². The first-order chi connectivity index (χ1) is 14.1. The lowest BCUT2D eigenvalue weighted by Gasteiger charge is -2.32. The second-order valence-electron chi connectivity index (χ2n) is 8.18. The lowest BCUT2D eigenvalue weighted by Crippen LogP contribution is -2.45. The molecular weight excluding hydrogens is 420 g/mol. The van der Waals surface area contributed by atoms with Gasteiger partial charge in [-0.05, 0) is 87.1 Å². The van der Waals surface area contributed by atoms with Crippen LogP contribution in [0.1, 0.15) is 48.1 Å². The third-order valence-electron chi connectivity index (χ3n) is 5.91. The van der Waals surface area contributed by atoms with Crippen LogP contribution >= 0.6 is 11.6 Å². The molecule has 1 aliphatic heterocycles. The van der Waals surface area contributed by atoms with Gasteiger partial charge in [0.2, 0.25) is 15.9 Å². The number of carbonyl (C=O) groups excluding carboxylic acids is 1. The van der Waals surface area contributed by atoms with Crippen LogP contribution in [-0.4, -0.2) is 31.7 Å². The number of halogens is 1. The minimum absolute atomic E-state index is 0.101. The Morgan fingerprint density at radius 2 is 1.73 bits per heavy atom. The van der Waals surface area contributed by atoms with E-state index in [1.165, 1.54) is 27.6 Å². The monoisotopic (exact) mass is 448 g/mol. The topological polar surface area (TPSA) is 66.5 Å². The molecule has 0 spiro atoms. The largest absolute Gasteiger partial charge is 0.349 e. The number of sulfonamides is 1. The van der Waals surface area contributed by atoms with E-state index in [-0.39, 0.29) is 29.3 Å². The van der Waals surface area contributed by atoms with Gasteiger partial charge < -0.3 is 5.32 Å². The summed E-state index contributed by atoms with van der Waals surface area (Å²) in [6.07, 6.45) is 1.33. The highest BCUT2D eigenvalue weighted by molar-refractivity contribution is 7.89. The van der Waals surface area contributed by atoms with Gasteiger partial charge in [-0.2, -0.15) is 4.31 Å². The predicted octanol–water partition coefficient (Wildman–Crippen LogP) is 4.54. The molecule has 1 fully saturated rings. The van der Waals surface area contributed by atoms with E-state index in [2.05, 4.69) is 31.3 Å². The molecule has 7 heteroatoms. The number of amides is 1. The van der Waals surface area contributed by atoms with E-state index in [1.54, 1.807) is 12.1 Å². The van der Waals surface area contributed by atoms with Crippen molar-refractivity contribution in [2.45, 2.75) is 51.5 Å². The second kappa shape index (κ2) is 9.08. The smallest absolute Gasteiger partial charge is 0.243 e. The van der Waals surface area contributed by atoms with Gasteiger partial charge in [-0.1, -0.05) is 23.7 Å². The third-order valence-corrected chi connectivity index (χ3v) is 8.05. The van der Waals surface area contributed by atoms with Crippen LogP contribution in [0.3, 0.4) is 0 Å². The van der Waals surface area contributed by atoms with Gasteiger partial charge in [-0.25, -0.2) is 8.42 Å². The van der Waals surface area contributed by atoms with Crippen molar-refractivity contribution in [2.75, 3.05) is 13.1 Å². The summed E-state index contributed by atoms with van der Waals surface area (Å²) >= 11 is 5.88. The Morgan fingerprint density at radius 1 is 1.10 bits per heavy atom. The SMILES string of the molecule is Cc1cc(C)c([C@@H](C)NC(=O)[C@@H]2CCCN(S(=O)(=O)c3ccc(Cl)cc3)C2)cc1C. The quantitative estimate of drug-likeness (QED) is 0.729. The van der Waals surface area contributed by atoms with E-state index in [1.807, 2.05) is 13.8 Å². The molecule has 162 valence electrons. The van der Waals surface area contributed by atoms with E-state index in [0.717, 1.165) is 11.1 Å². The summed E-state index contributed by atoms with van der Waals surface area (Å²) < 4.78 is 27.4. The van der Waals surface area contributed by atoms with E-state index in [0.29, 0.717) is 24.4 Å². The van der Waals surface area contributed by atoms with Crippen LogP contribution < -0.4 is 5.32 Å². The van der Waals surface area contributed by atoms with Gasteiger partial charge in [-0.3, -0.25) is 4.79 Å². The minimum atomic E-state index is -3.65. The summed E-state index contributed by atoms with van der Waals surface area (Å²) in [5.74, 6) is -0.466. The van der Waals surface area contributed by atoms with Crippen molar-refractivity contribution in [3.63, 3.8) is 0 Å². The van der Waals surface area contributed by atoms with Crippen LogP contribution in [0.4, 0.5) is 0 Å². The summed E-state index contributed by atoms with van der Waals surface area (Å²) in [4.78, 5) is 13.1. The maximum Gasteiger partial charge on any atom is 0.243 e. The highest BCUT2D eigenvalue weighted by Crippen LogP contribution is 2.26. The molecule has 1 amide bonds. The van der Waals surface area contributed by atoms with Crippen molar-refractivity contribution in [1.29, 1.82) is 0 Å². The lowest BCUT2D eigenvalue weighted by molar-refractivity contribution is -0.126. The predicted molar refractivity (Wildman–Crippen MR) is 120 cm³/mol. The third kappa shape index (κ3) is 4.88. The van der Waals surface area contributed by atoms with Crippen LogP contribution in [0.15, 0.2) is 41.3 Å². The minimum Gasteiger partial charge on any atom is -0.349 e. The first-order valence-electron chi connectivity index (χ1n) is 10.2. The Morgan fingerprint density at radius 3 is 2.40 bits per heavy atom. The zero-order chi connectivity index (χ0) is 22.1. The molecule has 0 aliphatic carbocycles. The number of rotatable bonds is 5. The first-order valence-corrected chi connectivity index (χ1v) is 12.0. The zero-order valence-corrected chi connectivity index (χ0v) is 19.5. The average molecular weight is 449 g/mol. The number of benzene rings is 2. The summed E-state index contributed by atoms with van der Waals surface area (Å²) in [6, 6.07) is 10.3. The van der Waals surface area contributed by atoms with Crippen molar-refractivity contribution in [2.24, 2.45) is 5.92 Å². The molecular formula is C23H29ClN2O3S. The molecule has 1 aliphatic rings. The molecule has 2 aromatic rings. The fraction of sp³-hybridized carbons (Fsp3) is 0.435. The number of nitrogens with zero attached hydrogens (tertiary/aromatic N) is 1. The molecule has 1 saturated heterocycles. The molecule has 5 nitrogen and oxygen atoms in total. The highest BCUT2D eigenvalue weighted by atomic mass is 35.5. The van der Waals surface area contributed by atoms with Gasteiger partial charge in [0.05, 0.1) is 16.9 Å². The number of piperidine rings is 1. The Bertz CT molecular complexity index is 1040. The zero-order valence-electron chi connectivity index (χ0n) is 17.9. The molecule has 30 heavy (non-hydrogen) atoms. The average Bonchev–Trinajstić information content (AvgIpc) is 2.71. The van der Waals surface area contributed by atoms with Gasteiger partial charge in [0.15, 0.2) is 0 Å². The fourth-order valence-corrected chi connectivity index (χ4v) is 5.64. The van der Waals surface area contributed by atoms with Crippen molar-refractivity contribution in [3.05, 3.63) is 63.7 Å². The molecule has 2 atom stereocenters. The standard InChI is InChI=1S/C23H29ClN2O3S/c1-15-12-17(3)22(13-16(15)2)18(4)25-23(27)19-6-5-11-26(14-19)30(28,29)21-9-7-20(24)8-10-21/h7-10,12-13,18-19H,5-6,11,14H2,1-4H3,(H,25,27)/t18-,19-/m1/s1. The van der Waals surface area contributed by atoms with Crippen molar-refractivity contribution < 1.29 is 13.2 Å². The maximum absolute atomic E-state index is 13.0. The van der Waals surface area contributed by atoms with Crippen molar-refractivity contribution >= 4 is 27.5 Å². The molecule has 0 unspecified atom stereocenters. The van der Waals surface area contributed by atoms with Crippen LogP contribution in [0, 0.1) is 26.7 Å². The van der Waals surface area contributed by atoms with Gasteiger partial charge in [0.25, 0.3) is 0 Å². The maximum atomic E-state index is 13.0. The Labute approximate surface area is 184 Å². The molecule has 3 rings (SSSR count). The van der Waals surface area contributed by atoms with E-state index in [4.69, 9.17) is 11.6 Å². The lowest BCUT2D eigenvalue weighted by atomic mass is 9.95. The van der Waals surface area contributed by atoms with Gasteiger partial charge in [0, 0.05) is 18.1 Å². The molecule has 2 aromatic carbocycles. The summed E-state index contributed by atoms with van der Waals surface area (Å²) in [5, 5.41) is 3.58. The van der Waals surface area contributed by atoms with Gasteiger partial charge in [0.1, 0.15) is 0 Å². The number of hydrogen-bond acceptors (Lipinski definition) is 3. The van der Waals surface area contributed by atoms with Crippen LogP contribution in [0.5, 0.6) is 0 Å². The highest BCUT2D eigenvalue weighted by Gasteiger charge is 2.33.